The van der Waals surface area contributed by atoms with Crippen LogP contribution in [-0.4, -0.2) is 40.6 Å². The van der Waals surface area contributed by atoms with Crippen LogP contribution in [0.1, 0.15) is 20.3 Å². The van der Waals surface area contributed by atoms with E-state index < -0.39 is 0 Å². The number of rotatable bonds is 6. The Labute approximate surface area is 105 Å². The van der Waals surface area contributed by atoms with Gasteiger partial charge in [0.25, 0.3) is 0 Å². The predicted molar refractivity (Wildman–Crippen MR) is 67.2 cm³/mol. The van der Waals surface area contributed by atoms with Crippen molar-refractivity contribution in [3.8, 4) is 6.01 Å². The third-order valence-electron chi connectivity index (χ3n) is 1.89. The van der Waals surface area contributed by atoms with Crippen molar-refractivity contribution in [3.63, 3.8) is 0 Å². The van der Waals surface area contributed by atoms with E-state index in [9.17, 15) is 4.79 Å². The van der Waals surface area contributed by atoms with E-state index in [1.54, 1.807) is 7.05 Å². The summed E-state index contributed by atoms with van der Waals surface area (Å²) in [4.78, 5) is 22.8. The lowest BCUT2D eigenvalue weighted by Gasteiger charge is -2.09. The van der Waals surface area contributed by atoms with Crippen LogP contribution in [0, 0.1) is 0 Å². The minimum atomic E-state index is -0.0665. The highest BCUT2D eigenvalue weighted by atomic mass is 16.5. The Hall–Kier alpha value is -2.12. The average Bonchev–Trinajstić information content (AvgIpc) is 2.27. The Bertz CT molecular complexity index is 409. The van der Waals surface area contributed by atoms with E-state index in [1.165, 1.54) is 0 Å². The molecule has 0 spiro atoms. The summed E-state index contributed by atoms with van der Waals surface area (Å²) in [5.41, 5.74) is 5.53. The van der Waals surface area contributed by atoms with Gasteiger partial charge in [0.15, 0.2) is 0 Å². The van der Waals surface area contributed by atoms with Gasteiger partial charge < -0.3 is 21.1 Å². The van der Waals surface area contributed by atoms with Gasteiger partial charge in [0.05, 0.1) is 6.10 Å². The van der Waals surface area contributed by atoms with Crippen molar-refractivity contribution in [2.75, 3.05) is 24.6 Å². The van der Waals surface area contributed by atoms with Gasteiger partial charge in [-0.3, -0.25) is 4.79 Å². The number of aromatic nitrogens is 3. The van der Waals surface area contributed by atoms with Gasteiger partial charge in [-0.15, -0.1) is 0 Å². The number of nitrogens with zero attached hydrogens (tertiary/aromatic N) is 3. The molecule has 8 nitrogen and oxygen atoms in total. The fraction of sp³-hybridized carbons (Fsp3) is 0.600. The second-order valence-corrected chi connectivity index (χ2v) is 3.82. The van der Waals surface area contributed by atoms with Crippen LogP contribution < -0.4 is 21.1 Å². The van der Waals surface area contributed by atoms with Gasteiger partial charge >= 0.3 is 6.01 Å². The molecule has 0 radical (unpaired) electrons. The highest BCUT2D eigenvalue weighted by molar-refractivity contribution is 5.75. The number of carbonyl (C=O) groups is 1. The largest absolute Gasteiger partial charge is 0.461 e. The Morgan fingerprint density at radius 3 is 2.72 bits per heavy atom. The van der Waals surface area contributed by atoms with Crippen molar-refractivity contribution in [3.05, 3.63) is 0 Å². The topological polar surface area (TPSA) is 115 Å². The highest BCUT2D eigenvalue weighted by Crippen LogP contribution is 2.10. The summed E-state index contributed by atoms with van der Waals surface area (Å²) in [5.74, 6) is 0.299. The fourth-order valence-electron chi connectivity index (χ4n) is 1.13. The van der Waals surface area contributed by atoms with E-state index >= 15 is 0 Å². The summed E-state index contributed by atoms with van der Waals surface area (Å²) in [5, 5.41) is 5.40. The maximum atomic E-state index is 11.0. The van der Waals surface area contributed by atoms with Crippen molar-refractivity contribution in [1.82, 2.24) is 20.3 Å². The summed E-state index contributed by atoms with van der Waals surface area (Å²) >= 11 is 0. The van der Waals surface area contributed by atoms with Crippen molar-refractivity contribution in [1.29, 1.82) is 0 Å². The van der Waals surface area contributed by atoms with Crippen LogP contribution in [0.2, 0.25) is 0 Å². The normalized spacial score (nSPS) is 10.2. The van der Waals surface area contributed by atoms with Crippen molar-refractivity contribution in [2.24, 2.45) is 0 Å². The van der Waals surface area contributed by atoms with Crippen LogP contribution in [0.4, 0.5) is 11.9 Å². The summed E-state index contributed by atoms with van der Waals surface area (Å²) in [6.07, 6.45) is 0.271. The molecule has 0 bridgehead atoms. The molecule has 8 heteroatoms. The molecular formula is C10H18N6O2. The highest BCUT2D eigenvalue weighted by Gasteiger charge is 2.07. The number of carbonyl (C=O) groups excluding carboxylic acids is 1. The number of hydrogen-bond acceptors (Lipinski definition) is 7. The lowest BCUT2D eigenvalue weighted by Crippen LogP contribution is -2.21. The van der Waals surface area contributed by atoms with Gasteiger partial charge in [-0.2, -0.15) is 15.0 Å². The first-order valence-electron chi connectivity index (χ1n) is 5.64. The molecule has 0 aliphatic heterocycles. The minimum Gasteiger partial charge on any atom is -0.461 e. The van der Waals surface area contributed by atoms with Crippen LogP contribution >= 0.6 is 0 Å². The van der Waals surface area contributed by atoms with E-state index in [0.29, 0.717) is 18.9 Å². The van der Waals surface area contributed by atoms with Gasteiger partial charge in [0.2, 0.25) is 17.8 Å². The number of amides is 1. The standard InChI is InChI=1S/C10H18N6O2/c1-6(2)18-10-15-8(11)14-9(16-10)13-5-4-7(17)12-3/h6H,4-5H2,1-3H3,(H,12,17)(H3,11,13,14,15,16). The van der Waals surface area contributed by atoms with E-state index in [1.807, 2.05) is 13.8 Å². The first-order valence-corrected chi connectivity index (χ1v) is 5.64. The van der Waals surface area contributed by atoms with Crippen LogP contribution in [0.15, 0.2) is 0 Å². The van der Waals surface area contributed by atoms with Crippen LogP contribution in [0.3, 0.4) is 0 Å². The zero-order chi connectivity index (χ0) is 13.5. The lowest BCUT2D eigenvalue weighted by atomic mass is 10.4. The Kier molecular flexibility index (Phi) is 5.09. The molecule has 1 amide bonds. The molecule has 0 atom stereocenters. The van der Waals surface area contributed by atoms with Crippen molar-refractivity contribution >= 4 is 17.8 Å². The molecule has 0 unspecified atom stereocenters. The third kappa shape index (κ3) is 4.81. The summed E-state index contributed by atoms with van der Waals surface area (Å²) in [6.45, 7) is 4.13. The number of ether oxygens (including phenoxy) is 1. The number of anilines is 2. The number of nitrogens with one attached hydrogen (secondary N) is 2. The zero-order valence-corrected chi connectivity index (χ0v) is 10.7. The number of nitrogen functional groups attached to an aromatic ring is 1. The molecule has 1 aromatic heterocycles. The lowest BCUT2D eigenvalue weighted by molar-refractivity contribution is -0.120. The van der Waals surface area contributed by atoms with Gasteiger partial charge in [-0.1, -0.05) is 0 Å². The predicted octanol–water partition coefficient (Wildman–Crippen LogP) is -0.211. The van der Waals surface area contributed by atoms with Crippen molar-refractivity contribution in [2.45, 2.75) is 26.4 Å². The molecule has 100 valence electrons. The van der Waals surface area contributed by atoms with Gasteiger partial charge in [-0.05, 0) is 13.8 Å². The number of nitrogens with two attached hydrogens (primary N) is 1. The first kappa shape index (κ1) is 13.9. The molecule has 1 heterocycles. The third-order valence-corrected chi connectivity index (χ3v) is 1.89. The maximum absolute atomic E-state index is 11.0. The number of hydrogen-bond donors (Lipinski definition) is 3. The fourth-order valence-corrected chi connectivity index (χ4v) is 1.13. The summed E-state index contributed by atoms with van der Waals surface area (Å²) in [6, 6.07) is 0.167. The molecule has 0 aliphatic carbocycles. The van der Waals surface area contributed by atoms with Crippen LogP contribution in [0.5, 0.6) is 6.01 Å². The van der Waals surface area contributed by atoms with E-state index in [-0.39, 0.29) is 24.0 Å². The molecule has 0 aliphatic rings. The maximum Gasteiger partial charge on any atom is 0.323 e. The Balaban J connectivity index is 2.59. The summed E-state index contributed by atoms with van der Waals surface area (Å²) < 4.78 is 5.32. The van der Waals surface area contributed by atoms with E-state index in [2.05, 4.69) is 25.6 Å². The SMILES string of the molecule is CNC(=O)CCNc1nc(N)nc(OC(C)C)n1. The Morgan fingerprint density at radius 2 is 2.11 bits per heavy atom. The van der Waals surface area contributed by atoms with Crippen molar-refractivity contribution < 1.29 is 9.53 Å². The van der Waals surface area contributed by atoms with Crippen LogP contribution in [0.25, 0.3) is 0 Å². The van der Waals surface area contributed by atoms with Crippen LogP contribution in [-0.2, 0) is 4.79 Å². The molecule has 18 heavy (non-hydrogen) atoms. The first-order chi connectivity index (χ1) is 8.51. The van der Waals surface area contributed by atoms with E-state index in [0.717, 1.165) is 0 Å². The molecule has 0 fully saturated rings. The quantitative estimate of drug-likeness (QED) is 0.643. The molecule has 0 saturated heterocycles. The monoisotopic (exact) mass is 254 g/mol. The van der Waals surface area contributed by atoms with Gasteiger partial charge in [0, 0.05) is 20.0 Å². The average molecular weight is 254 g/mol. The second-order valence-electron chi connectivity index (χ2n) is 3.82. The Morgan fingerprint density at radius 1 is 1.39 bits per heavy atom. The van der Waals surface area contributed by atoms with Gasteiger partial charge in [-0.25, -0.2) is 0 Å². The molecule has 1 rings (SSSR count). The molecule has 1 aromatic rings. The summed E-state index contributed by atoms with van der Waals surface area (Å²) in [7, 11) is 1.58. The second kappa shape index (κ2) is 6.58. The minimum absolute atomic E-state index is 0.0504. The zero-order valence-electron chi connectivity index (χ0n) is 10.7. The smallest absolute Gasteiger partial charge is 0.323 e. The van der Waals surface area contributed by atoms with Gasteiger partial charge in [0.1, 0.15) is 0 Å². The molecular weight excluding hydrogens is 236 g/mol. The van der Waals surface area contributed by atoms with E-state index in [4.69, 9.17) is 10.5 Å². The molecule has 4 N–H and O–H groups in total. The molecule has 0 aromatic carbocycles. The molecule has 0 saturated carbocycles.